The number of thiazole rings is 1. The second kappa shape index (κ2) is 7.12. The SMILES string of the molecule is CC(C)(C)OC(=O)N1CCC2(CC1)Cc1ncsc1[C@H]2N[S@@](=O)C(C)(C)C. The summed E-state index contributed by atoms with van der Waals surface area (Å²) in [5.74, 6) is 0. The highest BCUT2D eigenvalue weighted by Gasteiger charge is 2.51. The summed E-state index contributed by atoms with van der Waals surface area (Å²) in [6.07, 6.45) is 2.35. The lowest BCUT2D eigenvalue weighted by Gasteiger charge is -2.43. The van der Waals surface area contributed by atoms with Crippen molar-refractivity contribution in [2.45, 2.75) is 77.2 Å². The lowest BCUT2D eigenvalue weighted by Crippen LogP contribution is -2.49. The average Bonchev–Trinajstić information content (AvgIpc) is 3.07. The molecule has 27 heavy (non-hydrogen) atoms. The molecule has 152 valence electrons. The number of aromatic nitrogens is 1. The Morgan fingerprint density at radius 1 is 1.30 bits per heavy atom. The van der Waals surface area contributed by atoms with Gasteiger partial charge in [-0.3, -0.25) is 0 Å². The number of carbonyl (C=O) groups is 1. The Labute approximate surface area is 168 Å². The Morgan fingerprint density at radius 3 is 2.48 bits per heavy atom. The Hall–Kier alpha value is -0.990. The highest BCUT2D eigenvalue weighted by Crippen LogP contribution is 2.53. The van der Waals surface area contributed by atoms with Crippen molar-refractivity contribution in [3.63, 3.8) is 0 Å². The van der Waals surface area contributed by atoms with Gasteiger partial charge < -0.3 is 9.64 Å². The standard InChI is InChI=1S/C19H31N3O3S2/c1-17(2,3)25-16(23)22-9-7-19(8-10-22)11-13-14(26-12-20-13)15(19)21-27(24)18(4,5)6/h12,15,21H,7-11H2,1-6H3/t15-,27+/m1/s1. The van der Waals surface area contributed by atoms with Crippen LogP contribution >= 0.6 is 11.3 Å². The molecule has 1 N–H and O–H groups in total. The van der Waals surface area contributed by atoms with E-state index in [9.17, 15) is 9.00 Å². The molecule has 1 aromatic heterocycles. The number of rotatable bonds is 2. The van der Waals surface area contributed by atoms with Crippen LogP contribution in [0.3, 0.4) is 0 Å². The van der Waals surface area contributed by atoms with Gasteiger partial charge in [-0.1, -0.05) is 0 Å². The zero-order chi connectivity index (χ0) is 20.0. The second-order valence-electron chi connectivity index (χ2n) is 9.60. The Morgan fingerprint density at radius 2 is 1.93 bits per heavy atom. The molecule has 0 unspecified atom stereocenters. The summed E-state index contributed by atoms with van der Waals surface area (Å²) in [5, 5.41) is 0. The molecular formula is C19H31N3O3S2. The van der Waals surface area contributed by atoms with Crippen LogP contribution in [0.4, 0.5) is 4.79 Å². The lowest BCUT2D eigenvalue weighted by atomic mass is 9.74. The number of hydrogen-bond acceptors (Lipinski definition) is 5. The smallest absolute Gasteiger partial charge is 0.410 e. The van der Waals surface area contributed by atoms with E-state index in [0.29, 0.717) is 13.1 Å². The van der Waals surface area contributed by atoms with Crippen molar-refractivity contribution < 1.29 is 13.7 Å². The third-order valence-corrected chi connectivity index (χ3v) is 7.76. The van der Waals surface area contributed by atoms with Crippen LogP contribution in [0.1, 0.15) is 71.0 Å². The molecule has 1 aliphatic carbocycles. The van der Waals surface area contributed by atoms with Gasteiger partial charge in [0.1, 0.15) is 5.60 Å². The van der Waals surface area contributed by atoms with E-state index in [1.807, 2.05) is 47.1 Å². The van der Waals surface area contributed by atoms with E-state index >= 15 is 0 Å². The van der Waals surface area contributed by atoms with Gasteiger partial charge >= 0.3 is 6.09 Å². The molecule has 8 heteroatoms. The van der Waals surface area contributed by atoms with Crippen molar-refractivity contribution >= 4 is 28.4 Å². The summed E-state index contributed by atoms with van der Waals surface area (Å²) in [7, 11) is -1.15. The van der Waals surface area contributed by atoms with Gasteiger partial charge in [-0.05, 0) is 60.8 Å². The van der Waals surface area contributed by atoms with Crippen molar-refractivity contribution in [3.8, 4) is 0 Å². The predicted molar refractivity (Wildman–Crippen MR) is 109 cm³/mol. The molecule has 0 aromatic carbocycles. The molecule has 3 rings (SSSR count). The third-order valence-electron chi connectivity index (χ3n) is 5.26. The molecule has 6 nitrogen and oxygen atoms in total. The van der Waals surface area contributed by atoms with Gasteiger partial charge in [0.05, 0.1) is 33.0 Å². The number of nitrogens with zero attached hydrogens (tertiary/aromatic N) is 2. The summed E-state index contributed by atoms with van der Waals surface area (Å²) < 4.78 is 21.4. The minimum atomic E-state index is -1.15. The fourth-order valence-electron chi connectivity index (χ4n) is 3.75. The molecule has 0 radical (unpaired) electrons. The number of ether oxygens (including phenoxy) is 1. The summed E-state index contributed by atoms with van der Waals surface area (Å²) in [5.41, 5.74) is 2.48. The molecule has 1 aliphatic heterocycles. The van der Waals surface area contributed by atoms with E-state index in [-0.39, 0.29) is 22.3 Å². The molecule has 0 saturated carbocycles. The van der Waals surface area contributed by atoms with Gasteiger partial charge in [0.25, 0.3) is 0 Å². The van der Waals surface area contributed by atoms with Crippen molar-refractivity contribution in [3.05, 3.63) is 16.1 Å². The summed E-state index contributed by atoms with van der Waals surface area (Å²) in [4.78, 5) is 20.0. The van der Waals surface area contributed by atoms with Crippen LogP contribution < -0.4 is 4.72 Å². The Bertz CT molecular complexity index is 725. The summed E-state index contributed by atoms with van der Waals surface area (Å²) >= 11 is 1.64. The largest absolute Gasteiger partial charge is 0.444 e. The van der Waals surface area contributed by atoms with Gasteiger partial charge in [-0.15, -0.1) is 11.3 Å². The maximum atomic E-state index is 12.8. The minimum absolute atomic E-state index is 0.0286. The van der Waals surface area contributed by atoms with Crippen LogP contribution in [0.25, 0.3) is 0 Å². The zero-order valence-corrected chi connectivity index (χ0v) is 18.8. The first-order valence-electron chi connectivity index (χ1n) is 9.50. The quantitative estimate of drug-likeness (QED) is 0.800. The molecule has 1 saturated heterocycles. The maximum Gasteiger partial charge on any atom is 0.410 e. The van der Waals surface area contributed by atoms with Gasteiger partial charge in [0, 0.05) is 23.4 Å². The first kappa shape index (κ1) is 20.7. The second-order valence-corrected chi connectivity index (χ2v) is 12.5. The van der Waals surface area contributed by atoms with E-state index < -0.39 is 16.6 Å². The molecule has 2 atom stereocenters. The number of likely N-dealkylation sites (tertiary alicyclic amines) is 1. The van der Waals surface area contributed by atoms with Gasteiger partial charge in [0.15, 0.2) is 0 Å². The molecule has 0 bridgehead atoms. The number of piperidine rings is 1. The van der Waals surface area contributed by atoms with Crippen molar-refractivity contribution in [1.29, 1.82) is 0 Å². The topological polar surface area (TPSA) is 71.5 Å². The minimum Gasteiger partial charge on any atom is -0.444 e. The van der Waals surface area contributed by atoms with Crippen LogP contribution in [0.2, 0.25) is 0 Å². The molecule has 1 aromatic rings. The lowest BCUT2D eigenvalue weighted by molar-refractivity contribution is 0.00726. The number of fused-ring (bicyclic) bond motifs is 1. The Balaban J connectivity index is 1.74. The van der Waals surface area contributed by atoms with E-state index in [1.165, 1.54) is 4.88 Å². The summed E-state index contributed by atoms with van der Waals surface area (Å²) in [6, 6.07) is 0.0286. The first-order chi connectivity index (χ1) is 12.4. The van der Waals surface area contributed by atoms with Crippen LogP contribution in [0, 0.1) is 5.41 Å². The summed E-state index contributed by atoms with van der Waals surface area (Å²) in [6.45, 7) is 12.9. The number of nitrogens with one attached hydrogen (secondary N) is 1. The predicted octanol–water partition coefficient (Wildman–Crippen LogP) is 3.81. The van der Waals surface area contributed by atoms with Gasteiger partial charge in [-0.2, -0.15) is 0 Å². The molecule has 1 amide bonds. The zero-order valence-electron chi connectivity index (χ0n) is 17.1. The van der Waals surface area contributed by atoms with Crippen LogP contribution in [0.15, 0.2) is 5.51 Å². The van der Waals surface area contributed by atoms with E-state index in [1.54, 1.807) is 16.2 Å². The first-order valence-corrected chi connectivity index (χ1v) is 11.5. The molecule has 2 heterocycles. The fourth-order valence-corrected chi connectivity index (χ4v) is 5.76. The van der Waals surface area contributed by atoms with Crippen molar-refractivity contribution in [1.82, 2.24) is 14.6 Å². The molecule has 1 fully saturated rings. The maximum absolute atomic E-state index is 12.8. The van der Waals surface area contributed by atoms with Gasteiger partial charge in [-0.25, -0.2) is 18.7 Å². The number of carbonyl (C=O) groups excluding carboxylic acids is 1. The number of amides is 1. The average molecular weight is 414 g/mol. The Kier molecular flexibility index (Phi) is 5.47. The van der Waals surface area contributed by atoms with Crippen LogP contribution in [-0.4, -0.2) is 43.6 Å². The highest BCUT2D eigenvalue weighted by molar-refractivity contribution is 7.84. The van der Waals surface area contributed by atoms with Crippen molar-refractivity contribution in [2.75, 3.05) is 13.1 Å². The molecular weight excluding hydrogens is 382 g/mol. The molecule has 2 aliphatic rings. The van der Waals surface area contributed by atoms with Gasteiger partial charge in [0.2, 0.25) is 0 Å². The molecule has 1 spiro atoms. The normalized spacial score (nSPS) is 23.3. The van der Waals surface area contributed by atoms with Crippen molar-refractivity contribution in [2.24, 2.45) is 5.41 Å². The van der Waals surface area contributed by atoms with E-state index in [4.69, 9.17) is 4.74 Å². The van der Waals surface area contributed by atoms with E-state index in [2.05, 4.69) is 9.71 Å². The third kappa shape index (κ3) is 4.38. The number of hydrogen-bond donors (Lipinski definition) is 1. The fraction of sp³-hybridized carbons (Fsp3) is 0.789. The van der Waals surface area contributed by atoms with Crippen LogP contribution in [0.5, 0.6) is 0 Å². The van der Waals surface area contributed by atoms with Crippen LogP contribution in [-0.2, 0) is 22.1 Å². The van der Waals surface area contributed by atoms with E-state index in [0.717, 1.165) is 25.0 Å². The highest BCUT2D eigenvalue weighted by atomic mass is 32.2. The monoisotopic (exact) mass is 413 g/mol.